The maximum atomic E-state index is 11.9. The molecular formula is C15H24N2O6P2-4. The lowest BCUT2D eigenvalue weighted by molar-refractivity contribution is -0.336. The Hall–Kier alpha value is -0.750. The van der Waals surface area contributed by atoms with E-state index in [1.54, 1.807) is 0 Å². The zero-order valence-corrected chi connectivity index (χ0v) is 16.9. The van der Waals surface area contributed by atoms with Crippen molar-refractivity contribution < 1.29 is 28.7 Å². The van der Waals surface area contributed by atoms with Crippen molar-refractivity contribution in [3.8, 4) is 0 Å². The van der Waals surface area contributed by atoms with Crippen LogP contribution in [0.4, 0.5) is 5.82 Å². The second kappa shape index (κ2) is 7.87. The highest BCUT2D eigenvalue weighted by Gasteiger charge is 2.43. The summed E-state index contributed by atoms with van der Waals surface area (Å²) in [7, 11) is -11.7. The molecule has 25 heavy (non-hydrogen) atoms. The van der Waals surface area contributed by atoms with Crippen LogP contribution in [0.1, 0.15) is 50.8 Å². The van der Waals surface area contributed by atoms with E-state index in [4.69, 9.17) is 0 Å². The SMILES string of the molecule is CCc1cnc(N(CC)C(CC)(P(=O)([O-])[O-])P(=O)([O-])[O-])c(CC)c1C. The molecule has 0 aliphatic heterocycles. The maximum absolute atomic E-state index is 11.9. The number of pyridine rings is 1. The maximum Gasteiger partial charge on any atom is 0.133 e. The first-order valence-corrected chi connectivity index (χ1v) is 11.3. The van der Waals surface area contributed by atoms with Crippen LogP contribution in [0.2, 0.25) is 0 Å². The van der Waals surface area contributed by atoms with Crippen molar-refractivity contribution in [1.29, 1.82) is 0 Å². The molecule has 0 aromatic carbocycles. The minimum atomic E-state index is -5.83. The molecule has 0 N–H and O–H groups in total. The molecule has 0 radical (unpaired) electrons. The van der Waals surface area contributed by atoms with Gasteiger partial charge >= 0.3 is 0 Å². The first-order chi connectivity index (χ1) is 11.4. The van der Waals surface area contributed by atoms with Gasteiger partial charge in [-0.15, -0.1) is 0 Å². The zero-order chi connectivity index (χ0) is 19.6. The van der Waals surface area contributed by atoms with Crippen molar-refractivity contribution in [2.24, 2.45) is 0 Å². The van der Waals surface area contributed by atoms with E-state index in [2.05, 4.69) is 4.98 Å². The number of hydrogen-bond donors (Lipinski definition) is 0. The van der Waals surface area contributed by atoms with Crippen LogP contribution < -0.4 is 24.5 Å². The van der Waals surface area contributed by atoms with E-state index < -0.39 is 26.6 Å². The summed E-state index contributed by atoms with van der Waals surface area (Å²) in [4.78, 5) is 52.8. The first-order valence-electron chi connectivity index (χ1n) is 8.22. The molecule has 0 unspecified atom stereocenters. The molecular weight excluding hydrogens is 366 g/mol. The van der Waals surface area contributed by atoms with Gasteiger partial charge in [0.25, 0.3) is 0 Å². The van der Waals surface area contributed by atoms with Gasteiger partial charge in [0, 0.05) is 12.7 Å². The van der Waals surface area contributed by atoms with Gasteiger partial charge in [-0.3, -0.25) is 0 Å². The molecule has 0 spiro atoms. The van der Waals surface area contributed by atoms with Gasteiger partial charge in [-0.25, -0.2) is 4.98 Å². The molecule has 0 aliphatic carbocycles. The Morgan fingerprint density at radius 1 is 1.04 bits per heavy atom. The van der Waals surface area contributed by atoms with E-state index in [-0.39, 0.29) is 12.4 Å². The third-order valence-electron chi connectivity index (χ3n) is 4.64. The number of hydrogen-bond acceptors (Lipinski definition) is 8. The monoisotopic (exact) mass is 390 g/mol. The smallest absolute Gasteiger partial charge is 0.133 e. The summed E-state index contributed by atoms with van der Waals surface area (Å²) in [6, 6.07) is 0. The van der Waals surface area contributed by atoms with E-state index in [9.17, 15) is 28.7 Å². The van der Waals surface area contributed by atoms with Gasteiger partial charge in [-0.2, -0.15) is 0 Å². The molecule has 0 amide bonds. The van der Waals surface area contributed by atoms with Crippen LogP contribution in [0.3, 0.4) is 0 Å². The van der Waals surface area contributed by atoms with Gasteiger partial charge in [-0.1, -0.05) is 20.8 Å². The van der Waals surface area contributed by atoms with Crippen LogP contribution in [-0.2, 0) is 22.0 Å². The topological polar surface area (TPSA) is 143 Å². The van der Waals surface area contributed by atoms with Crippen LogP contribution in [0.25, 0.3) is 0 Å². The molecule has 0 saturated carbocycles. The largest absolute Gasteiger partial charge is 0.809 e. The number of nitrogens with zero attached hydrogens (tertiary/aromatic N) is 2. The quantitative estimate of drug-likeness (QED) is 0.574. The highest BCUT2D eigenvalue weighted by Crippen LogP contribution is 2.65. The Bertz CT molecular complexity index is 690. The fourth-order valence-corrected chi connectivity index (χ4v) is 6.32. The Morgan fingerprint density at radius 3 is 1.88 bits per heavy atom. The Balaban J connectivity index is 3.85. The lowest BCUT2D eigenvalue weighted by Gasteiger charge is -2.63. The first kappa shape index (κ1) is 22.3. The van der Waals surface area contributed by atoms with Crippen LogP contribution >= 0.6 is 15.2 Å². The average Bonchev–Trinajstić information content (AvgIpc) is 2.49. The number of aryl methyl sites for hydroxylation is 1. The predicted octanol–water partition coefficient (Wildman–Crippen LogP) is 0.232. The summed E-state index contributed by atoms with van der Waals surface area (Å²) >= 11 is 0. The molecule has 10 heteroatoms. The average molecular weight is 390 g/mol. The summed E-state index contributed by atoms with van der Waals surface area (Å²) in [5.41, 5.74) is 2.40. The zero-order valence-electron chi connectivity index (χ0n) is 15.1. The van der Waals surface area contributed by atoms with Gasteiger partial charge < -0.3 is 33.6 Å². The molecule has 1 heterocycles. The van der Waals surface area contributed by atoms with Gasteiger partial charge in [0.05, 0.1) is 5.02 Å². The van der Waals surface area contributed by atoms with Gasteiger partial charge in [0.2, 0.25) is 0 Å². The van der Waals surface area contributed by atoms with E-state index in [0.29, 0.717) is 18.4 Å². The van der Waals surface area contributed by atoms with Crippen LogP contribution in [0.15, 0.2) is 6.20 Å². The van der Waals surface area contributed by atoms with Crippen molar-refractivity contribution in [2.75, 3.05) is 11.4 Å². The van der Waals surface area contributed by atoms with E-state index >= 15 is 0 Å². The van der Waals surface area contributed by atoms with Crippen molar-refractivity contribution >= 4 is 21.0 Å². The highest BCUT2D eigenvalue weighted by atomic mass is 31.2. The Kier molecular flexibility index (Phi) is 7.01. The summed E-state index contributed by atoms with van der Waals surface area (Å²) < 4.78 is 23.9. The van der Waals surface area contributed by atoms with Crippen molar-refractivity contribution in [1.82, 2.24) is 4.98 Å². The molecule has 1 aromatic rings. The van der Waals surface area contributed by atoms with Gasteiger partial charge in [0.15, 0.2) is 0 Å². The third kappa shape index (κ3) is 3.70. The number of aromatic nitrogens is 1. The standard InChI is InChI=1S/C15H28N2O6P2/c1-6-12-10-16-14(13(7-2)11(12)5)17(9-4)15(8-3,24(18,19)20)25(21,22)23/h10H,6-9H2,1-5H3,(H2,18,19,20)(H2,21,22,23)/p-4. The summed E-state index contributed by atoms with van der Waals surface area (Å²) in [5, 5.41) is -3.08. The molecule has 0 aliphatic rings. The van der Waals surface area contributed by atoms with Gasteiger partial charge in [-0.05, 0) is 65.0 Å². The summed E-state index contributed by atoms with van der Waals surface area (Å²) in [6.45, 7) is 8.10. The minimum Gasteiger partial charge on any atom is -0.809 e. The fourth-order valence-electron chi connectivity index (χ4n) is 3.28. The molecule has 0 fully saturated rings. The highest BCUT2D eigenvalue weighted by molar-refractivity contribution is 7.70. The molecule has 8 nitrogen and oxygen atoms in total. The van der Waals surface area contributed by atoms with Crippen LogP contribution in [0, 0.1) is 6.92 Å². The molecule has 0 saturated heterocycles. The lowest BCUT2D eigenvalue weighted by atomic mass is 10.0. The Morgan fingerprint density at radius 2 is 1.56 bits per heavy atom. The van der Waals surface area contributed by atoms with E-state index in [1.807, 2.05) is 20.8 Å². The van der Waals surface area contributed by atoms with Crippen molar-refractivity contribution in [3.05, 3.63) is 22.9 Å². The molecule has 0 atom stereocenters. The summed E-state index contributed by atoms with van der Waals surface area (Å²) in [6.07, 6.45) is 1.99. The minimum absolute atomic E-state index is 0.0559. The fraction of sp³-hybridized carbons (Fsp3) is 0.667. The molecule has 144 valence electrons. The van der Waals surface area contributed by atoms with Crippen molar-refractivity contribution in [3.63, 3.8) is 0 Å². The second-order valence-electron chi connectivity index (χ2n) is 5.78. The number of anilines is 1. The molecule has 0 bridgehead atoms. The van der Waals surface area contributed by atoms with E-state index in [0.717, 1.165) is 16.0 Å². The molecule has 1 aromatic heterocycles. The Labute approximate surface area is 148 Å². The summed E-state index contributed by atoms with van der Waals surface area (Å²) in [5.74, 6) is 0.0559. The lowest BCUT2D eigenvalue weighted by Crippen LogP contribution is -2.57. The van der Waals surface area contributed by atoms with Crippen LogP contribution in [0.5, 0.6) is 0 Å². The van der Waals surface area contributed by atoms with Crippen LogP contribution in [-0.4, -0.2) is 16.5 Å². The van der Waals surface area contributed by atoms with Crippen molar-refractivity contribution in [2.45, 2.75) is 58.9 Å². The van der Waals surface area contributed by atoms with Gasteiger partial charge in [0.1, 0.15) is 5.82 Å². The van der Waals surface area contributed by atoms with E-state index in [1.165, 1.54) is 20.0 Å². The third-order valence-corrected chi connectivity index (χ3v) is 8.98. The molecule has 1 rings (SSSR count). The second-order valence-corrected chi connectivity index (χ2v) is 9.61. The predicted molar refractivity (Wildman–Crippen MR) is 89.0 cm³/mol. The normalized spacial score (nSPS) is 13.2. The number of rotatable bonds is 8.